The van der Waals surface area contributed by atoms with Crippen molar-refractivity contribution in [2.24, 2.45) is 28.6 Å². The first kappa shape index (κ1) is 26.1. The number of allylic oxidation sites excluding steroid dienone is 1. The average Bonchev–Trinajstić information content (AvgIpc) is 3.06. The van der Waals surface area contributed by atoms with Gasteiger partial charge in [0.25, 0.3) is 0 Å². The summed E-state index contributed by atoms with van der Waals surface area (Å²) in [6, 6.07) is 0. The van der Waals surface area contributed by atoms with Crippen LogP contribution in [0.15, 0.2) is 11.6 Å². The average molecular weight is 527 g/mol. The SMILES string of the molecule is CC1(O[Si](C)(C)c2c(F)c(F)c(F)c(F)c2F)CC[C@H]2[C@@H]3CCC4=CC(=O)CC[C@]4(C)[C@H]3CC[C@@]21C. The molecule has 4 aliphatic carbocycles. The van der Waals surface area contributed by atoms with Gasteiger partial charge in [-0.15, -0.1) is 0 Å². The van der Waals surface area contributed by atoms with E-state index in [1.165, 1.54) is 18.7 Å². The fourth-order valence-corrected chi connectivity index (χ4v) is 11.5. The van der Waals surface area contributed by atoms with Crippen molar-refractivity contribution < 1.29 is 31.2 Å². The second kappa shape index (κ2) is 8.23. The van der Waals surface area contributed by atoms with Gasteiger partial charge in [0.05, 0.1) is 5.60 Å². The van der Waals surface area contributed by atoms with Crippen LogP contribution in [0.4, 0.5) is 22.0 Å². The number of hydrogen-bond acceptors (Lipinski definition) is 2. The molecule has 0 aliphatic heterocycles. The summed E-state index contributed by atoms with van der Waals surface area (Å²) < 4.78 is 78.0. The number of hydrogen-bond donors (Lipinski definition) is 0. The Labute approximate surface area is 210 Å². The molecule has 3 fully saturated rings. The molecule has 5 rings (SSSR count). The molecule has 0 amide bonds. The van der Waals surface area contributed by atoms with E-state index in [-0.39, 0.29) is 16.6 Å². The Hall–Kier alpha value is -1.54. The van der Waals surface area contributed by atoms with E-state index in [1.807, 2.05) is 13.0 Å². The minimum absolute atomic E-state index is 0.0292. The van der Waals surface area contributed by atoms with Crippen molar-refractivity contribution in [3.8, 4) is 0 Å². The molecule has 1 unspecified atom stereocenters. The number of halogens is 5. The second-order valence-corrected chi connectivity index (χ2v) is 16.5. The minimum atomic E-state index is -3.55. The van der Waals surface area contributed by atoms with Gasteiger partial charge >= 0.3 is 0 Å². The second-order valence-electron chi connectivity index (χ2n) is 12.8. The van der Waals surface area contributed by atoms with Gasteiger partial charge in [0.1, 0.15) is 0 Å². The molecule has 0 bridgehead atoms. The van der Waals surface area contributed by atoms with Crippen LogP contribution in [0.3, 0.4) is 0 Å². The minimum Gasteiger partial charge on any atom is -0.407 e. The van der Waals surface area contributed by atoms with Crippen LogP contribution in [-0.4, -0.2) is 19.7 Å². The highest BCUT2D eigenvalue weighted by Gasteiger charge is 2.64. The first-order chi connectivity index (χ1) is 16.7. The summed E-state index contributed by atoms with van der Waals surface area (Å²) >= 11 is 0. The van der Waals surface area contributed by atoms with E-state index in [0.717, 1.165) is 38.5 Å². The highest BCUT2D eigenvalue weighted by molar-refractivity contribution is 6.84. The summed E-state index contributed by atoms with van der Waals surface area (Å²) in [4.78, 5) is 12.1. The van der Waals surface area contributed by atoms with Crippen LogP contribution in [0.1, 0.15) is 72.1 Å². The van der Waals surface area contributed by atoms with E-state index in [9.17, 15) is 26.7 Å². The van der Waals surface area contributed by atoms with Crippen molar-refractivity contribution in [2.75, 3.05) is 0 Å². The van der Waals surface area contributed by atoms with Crippen LogP contribution >= 0.6 is 0 Å². The number of carbonyl (C=O) groups is 1. The summed E-state index contributed by atoms with van der Waals surface area (Å²) in [5, 5.41) is -0.785. The van der Waals surface area contributed by atoms with Crippen molar-refractivity contribution >= 4 is 19.3 Å². The molecule has 36 heavy (non-hydrogen) atoms. The van der Waals surface area contributed by atoms with Crippen molar-refractivity contribution in [3.05, 3.63) is 40.7 Å². The highest BCUT2D eigenvalue weighted by Crippen LogP contribution is 2.68. The third kappa shape index (κ3) is 3.45. The number of rotatable bonds is 3. The molecule has 1 aromatic carbocycles. The molecule has 3 saturated carbocycles. The molecule has 8 heteroatoms. The van der Waals surface area contributed by atoms with Crippen LogP contribution in [0.5, 0.6) is 0 Å². The van der Waals surface area contributed by atoms with Gasteiger partial charge in [0.2, 0.25) is 14.1 Å². The molecule has 6 atom stereocenters. The molecule has 4 aliphatic rings. The Morgan fingerprint density at radius 1 is 0.806 bits per heavy atom. The first-order valence-electron chi connectivity index (χ1n) is 13.1. The largest absolute Gasteiger partial charge is 0.407 e. The van der Waals surface area contributed by atoms with Crippen LogP contribution in [0, 0.1) is 57.7 Å². The lowest BCUT2D eigenvalue weighted by Gasteiger charge is -2.60. The van der Waals surface area contributed by atoms with Gasteiger partial charge in [0.15, 0.2) is 29.1 Å². The first-order valence-corrected chi connectivity index (χ1v) is 16.0. The maximum Gasteiger partial charge on any atom is 0.225 e. The maximum atomic E-state index is 14.8. The van der Waals surface area contributed by atoms with Gasteiger partial charge in [-0.05, 0) is 99.6 Å². The number of ketones is 1. The molecule has 0 radical (unpaired) electrons. The summed E-state index contributed by atoms with van der Waals surface area (Å²) in [6.07, 6.45) is 8.71. The lowest BCUT2D eigenvalue weighted by Crippen LogP contribution is -2.60. The Morgan fingerprint density at radius 2 is 1.39 bits per heavy atom. The third-order valence-electron chi connectivity index (χ3n) is 10.8. The van der Waals surface area contributed by atoms with Gasteiger partial charge in [-0.2, -0.15) is 0 Å². The fraction of sp³-hybridized carbons (Fsp3) is 0.679. The van der Waals surface area contributed by atoms with Crippen molar-refractivity contribution in [2.45, 2.75) is 90.8 Å². The number of carbonyl (C=O) groups excluding carboxylic acids is 1. The van der Waals surface area contributed by atoms with E-state index in [2.05, 4.69) is 13.8 Å². The molecular formula is C28H35F5O2Si. The van der Waals surface area contributed by atoms with Crippen molar-refractivity contribution in [1.82, 2.24) is 0 Å². The van der Waals surface area contributed by atoms with Crippen LogP contribution < -0.4 is 5.19 Å². The molecule has 2 nitrogen and oxygen atoms in total. The van der Waals surface area contributed by atoms with Crippen LogP contribution in [0.2, 0.25) is 13.1 Å². The molecule has 0 spiro atoms. The summed E-state index contributed by atoms with van der Waals surface area (Å²) in [5.74, 6) is -8.02. The Bertz CT molecular complexity index is 1140. The van der Waals surface area contributed by atoms with E-state index in [1.54, 1.807) is 0 Å². The van der Waals surface area contributed by atoms with Gasteiger partial charge in [-0.3, -0.25) is 4.79 Å². The smallest absolute Gasteiger partial charge is 0.225 e. The molecule has 0 N–H and O–H groups in total. The highest BCUT2D eigenvalue weighted by atomic mass is 28.4. The van der Waals surface area contributed by atoms with Gasteiger partial charge in [-0.1, -0.05) is 19.4 Å². The van der Waals surface area contributed by atoms with Gasteiger partial charge in [-0.25, -0.2) is 22.0 Å². The third-order valence-corrected chi connectivity index (χ3v) is 13.4. The number of benzene rings is 1. The standard InChI is InChI=1S/C28H35F5O2Si/c1-26-11-8-16(34)14-15(26)6-7-17-18(26)9-12-27(2)19(17)10-13-28(27,3)35-36(4,5)25-23(32)21(30)20(29)22(31)24(25)33/h14,17-19H,6-13H2,1-5H3/t17-,18+,19+,26+,27+,28?/m1/s1. The Balaban J connectivity index is 1.47. The lowest BCUT2D eigenvalue weighted by molar-refractivity contribution is -0.120. The zero-order valence-electron chi connectivity index (χ0n) is 21.7. The lowest BCUT2D eigenvalue weighted by atomic mass is 9.46. The molecule has 198 valence electrons. The molecular weight excluding hydrogens is 491 g/mol. The van der Waals surface area contributed by atoms with Crippen molar-refractivity contribution in [3.63, 3.8) is 0 Å². The summed E-state index contributed by atoms with van der Waals surface area (Å²) in [5.41, 5.74) is 0.310. The van der Waals surface area contributed by atoms with Gasteiger partial charge < -0.3 is 4.43 Å². The molecule has 0 saturated heterocycles. The summed E-state index contributed by atoms with van der Waals surface area (Å²) in [6.45, 7) is 9.53. The predicted molar refractivity (Wildman–Crippen MR) is 130 cm³/mol. The topological polar surface area (TPSA) is 26.3 Å². The fourth-order valence-electron chi connectivity index (χ4n) is 8.70. The van der Waals surface area contributed by atoms with E-state index >= 15 is 0 Å². The monoisotopic (exact) mass is 526 g/mol. The van der Waals surface area contributed by atoms with E-state index in [4.69, 9.17) is 4.43 Å². The molecule has 0 aromatic heterocycles. The zero-order valence-corrected chi connectivity index (χ0v) is 22.7. The Morgan fingerprint density at radius 3 is 2.03 bits per heavy atom. The zero-order chi connectivity index (χ0) is 26.4. The van der Waals surface area contributed by atoms with Crippen LogP contribution in [-0.2, 0) is 9.22 Å². The number of fused-ring (bicyclic) bond motifs is 5. The van der Waals surface area contributed by atoms with E-state index in [0.29, 0.717) is 30.6 Å². The maximum absolute atomic E-state index is 14.8. The molecule has 0 heterocycles. The summed E-state index contributed by atoms with van der Waals surface area (Å²) in [7, 11) is -3.55. The van der Waals surface area contributed by atoms with Crippen LogP contribution in [0.25, 0.3) is 0 Å². The quantitative estimate of drug-likeness (QED) is 0.182. The molecule has 1 aromatic rings. The van der Waals surface area contributed by atoms with Gasteiger partial charge in [0, 0.05) is 11.6 Å². The Kier molecular flexibility index (Phi) is 5.96. The predicted octanol–water partition coefficient (Wildman–Crippen LogP) is 7.10. The van der Waals surface area contributed by atoms with E-state index < -0.39 is 48.2 Å². The van der Waals surface area contributed by atoms with Crippen molar-refractivity contribution in [1.29, 1.82) is 0 Å². The normalized spacial score (nSPS) is 38.3.